The summed E-state index contributed by atoms with van der Waals surface area (Å²) in [6, 6.07) is 12.7. The largest absolute Gasteiger partial charge is 0.443 e. The zero-order chi connectivity index (χ0) is 26.9. The number of benzene rings is 1. The number of ether oxygens (including phenoxy) is 2. The molecule has 1 aromatic carbocycles. The Hall–Kier alpha value is -4.27. The summed E-state index contributed by atoms with van der Waals surface area (Å²) in [6.07, 6.45) is 2.73. The van der Waals surface area contributed by atoms with Gasteiger partial charge in [-0.25, -0.2) is 24.1 Å². The Morgan fingerprint density at radius 2 is 1.97 bits per heavy atom. The monoisotopic (exact) mass is 530 g/mol. The molecule has 0 aliphatic carbocycles. The predicted octanol–water partition coefficient (Wildman–Crippen LogP) is 5.35. The lowest BCUT2D eigenvalue weighted by Crippen LogP contribution is -2.43. The van der Waals surface area contributed by atoms with E-state index in [1.807, 2.05) is 18.2 Å². The molecule has 10 nitrogen and oxygen atoms in total. The summed E-state index contributed by atoms with van der Waals surface area (Å²) in [6.45, 7) is 7.41. The number of hydrogen-bond donors (Lipinski definition) is 1. The van der Waals surface area contributed by atoms with E-state index in [0.29, 0.717) is 48.3 Å². The number of carbonyl (C=O) groups excluding carboxylic acids is 2. The van der Waals surface area contributed by atoms with Crippen LogP contribution in [0.4, 0.5) is 14.7 Å². The van der Waals surface area contributed by atoms with Gasteiger partial charge in [0.1, 0.15) is 11.2 Å². The summed E-state index contributed by atoms with van der Waals surface area (Å²) >= 11 is 1.32. The number of fused-ring (bicyclic) bond motifs is 1. The summed E-state index contributed by atoms with van der Waals surface area (Å²) in [5.74, 6) is 0. The lowest BCUT2D eigenvalue weighted by molar-refractivity contribution is 0.0543. The summed E-state index contributed by atoms with van der Waals surface area (Å²) in [5, 5.41) is 13.5. The van der Waals surface area contributed by atoms with E-state index < -0.39 is 11.7 Å². The number of carbonyl (C=O) groups is 2. The number of urea groups is 1. The predicted molar refractivity (Wildman–Crippen MR) is 144 cm³/mol. The molecule has 5 rings (SSSR count). The molecular weight excluding hydrogens is 504 g/mol. The van der Waals surface area contributed by atoms with Crippen LogP contribution in [-0.4, -0.2) is 63.5 Å². The fourth-order valence-electron chi connectivity index (χ4n) is 4.12. The number of nitrogens with one attached hydrogen (secondary N) is 1. The zero-order valence-electron chi connectivity index (χ0n) is 21.2. The number of morpholine rings is 1. The van der Waals surface area contributed by atoms with Gasteiger partial charge in [0.25, 0.3) is 0 Å². The van der Waals surface area contributed by atoms with Gasteiger partial charge < -0.3 is 14.4 Å². The van der Waals surface area contributed by atoms with Crippen molar-refractivity contribution in [2.75, 3.05) is 31.6 Å². The van der Waals surface area contributed by atoms with Gasteiger partial charge in [0.2, 0.25) is 0 Å². The van der Waals surface area contributed by atoms with Crippen molar-refractivity contribution in [3.05, 3.63) is 54.4 Å². The Balaban J connectivity index is 1.59. The van der Waals surface area contributed by atoms with Gasteiger partial charge in [-0.2, -0.15) is 5.26 Å². The van der Waals surface area contributed by atoms with E-state index in [4.69, 9.17) is 14.5 Å². The van der Waals surface area contributed by atoms with Gasteiger partial charge in [0, 0.05) is 42.0 Å². The maximum Gasteiger partial charge on any atom is 0.420 e. The van der Waals surface area contributed by atoms with Crippen LogP contribution in [-0.2, 0) is 9.47 Å². The number of aromatic nitrogens is 3. The molecule has 1 saturated heterocycles. The smallest absolute Gasteiger partial charge is 0.420 e. The first-order valence-corrected chi connectivity index (χ1v) is 12.9. The van der Waals surface area contributed by atoms with Crippen molar-refractivity contribution >= 4 is 39.6 Å². The second-order valence-electron chi connectivity index (χ2n) is 9.68. The molecule has 4 heterocycles. The van der Waals surface area contributed by atoms with Crippen molar-refractivity contribution in [3.8, 4) is 27.8 Å². The van der Waals surface area contributed by atoms with Crippen LogP contribution < -0.4 is 5.32 Å². The van der Waals surface area contributed by atoms with Crippen LogP contribution in [0.25, 0.3) is 32.7 Å². The third-order valence-corrected chi connectivity index (χ3v) is 6.83. The molecule has 11 heteroatoms. The molecule has 0 saturated carbocycles. The Labute approximate surface area is 223 Å². The number of nitrogens with zero attached hydrogens (tertiary/aromatic N) is 5. The fourth-order valence-corrected chi connectivity index (χ4v) is 5.14. The van der Waals surface area contributed by atoms with E-state index in [9.17, 15) is 14.9 Å². The van der Waals surface area contributed by atoms with Crippen LogP contribution in [0.1, 0.15) is 26.3 Å². The maximum atomic E-state index is 12.9. The molecule has 4 aromatic rings. The standard InChI is InChI=1S/C27H26N6O4S/c1-27(2,3)37-26(35)33-10-8-20-19(7-9-29-23(20)33)22-21(18-6-4-5-17(15-18)16-28)30-24(38-22)31-25(34)32-11-13-36-14-12-32/h4-10,15H,11-14H2,1-3H3,(H,30,31,34). The average molecular weight is 531 g/mol. The molecule has 3 aromatic heterocycles. The van der Waals surface area contributed by atoms with Gasteiger partial charge in [-0.1, -0.05) is 23.5 Å². The molecule has 1 fully saturated rings. The van der Waals surface area contributed by atoms with Crippen LogP contribution in [0.5, 0.6) is 0 Å². The normalized spacial score (nSPS) is 13.8. The van der Waals surface area contributed by atoms with Gasteiger partial charge in [0.05, 0.1) is 35.4 Å². The SMILES string of the molecule is CC(C)(C)OC(=O)n1ccc2c(-c3sc(NC(=O)N4CCOCC4)nc3-c3cccc(C#N)c3)ccnc21. The first-order chi connectivity index (χ1) is 18.2. The number of pyridine rings is 1. The topological polar surface area (TPSA) is 122 Å². The zero-order valence-corrected chi connectivity index (χ0v) is 22.0. The van der Waals surface area contributed by atoms with Crippen molar-refractivity contribution in [3.63, 3.8) is 0 Å². The highest BCUT2D eigenvalue weighted by Gasteiger charge is 2.24. The summed E-state index contributed by atoms with van der Waals surface area (Å²) in [5.41, 5.74) is 2.42. The molecule has 0 unspecified atom stereocenters. The molecule has 194 valence electrons. The molecule has 0 radical (unpaired) electrons. The number of nitriles is 1. The number of rotatable bonds is 3. The minimum atomic E-state index is -0.657. The minimum absolute atomic E-state index is 0.248. The lowest BCUT2D eigenvalue weighted by Gasteiger charge is -2.26. The van der Waals surface area contributed by atoms with E-state index in [0.717, 1.165) is 21.4 Å². The lowest BCUT2D eigenvalue weighted by atomic mass is 10.0. The number of amides is 2. The Bertz CT molecular complexity index is 1560. The summed E-state index contributed by atoms with van der Waals surface area (Å²) < 4.78 is 12.3. The van der Waals surface area contributed by atoms with E-state index in [-0.39, 0.29) is 6.03 Å². The highest BCUT2D eigenvalue weighted by Crippen LogP contribution is 2.42. The van der Waals surface area contributed by atoms with E-state index >= 15 is 0 Å². The molecule has 1 N–H and O–H groups in total. The van der Waals surface area contributed by atoms with E-state index in [1.54, 1.807) is 56.3 Å². The van der Waals surface area contributed by atoms with Gasteiger partial charge in [0.15, 0.2) is 5.13 Å². The second kappa shape index (κ2) is 10.2. The third-order valence-electron chi connectivity index (χ3n) is 5.83. The first kappa shape index (κ1) is 25.4. The highest BCUT2D eigenvalue weighted by molar-refractivity contribution is 7.19. The quantitative estimate of drug-likeness (QED) is 0.379. The number of thiazole rings is 1. The Morgan fingerprint density at radius 3 is 2.71 bits per heavy atom. The van der Waals surface area contributed by atoms with Crippen LogP contribution in [0, 0.1) is 11.3 Å². The first-order valence-electron chi connectivity index (χ1n) is 12.1. The van der Waals surface area contributed by atoms with Crippen molar-refractivity contribution < 1.29 is 19.1 Å². The van der Waals surface area contributed by atoms with Crippen LogP contribution in [0.3, 0.4) is 0 Å². The van der Waals surface area contributed by atoms with Gasteiger partial charge in [-0.15, -0.1) is 0 Å². The molecule has 0 bridgehead atoms. The van der Waals surface area contributed by atoms with E-state index in [2.05, 4.69) is 16.4 Å². The van der Waals surface area contributed by atoms with Crippen LogP contribution in [0.15, 0.2) is 48.8 Å². The Morgan fingerprint density at radius 1 is 1.18 bits per heavy atom. The average Bonchev–Trinajstić information content (AvgIpc) is 3.53. The summed E-state index contributed by atoms with van der Waals surface area (Å²) in [7, 11) is 0. The van der Waals surface area contributed by atoms with Crippen LogP contribution >= 0.6 is 11.3 Å². The van der Waals surface area contributed by atoms with Crippen molar-refractivity contribution in [1.29, 1.82) is 5.26 Å². The highest BCUT2D eigenvalue weighted by atomic mass is 32.1. The Kier molecular flexibility index (Phi) is 6.84. The number of anilines is 1. The van der Waals surface area contributed by atoms with Crippen molar-refractivity contribution in [2.45, 2.75) is 26.4 Å². The fraction of sp³-hybridized carbons (Fsp3) is 0.296. The van der Waals surface area contributed by atoms with Gasteiger partial charge in [-0.3, -0.25) is 5.32 Å². The molecule has 2 amide bonds. The molecule has 1 aliphatic rings. The maximum absolute atomic E-state index is 12.9. The third kappa shape index (κ3) is 5.22. The second-order valence-corrected chi connectivity index (χ2v) is 10.7. The van der Waals surface area contributed by atoms with Crippen molar-refractivity contribution in [2.24, 2.45) is 0 Å². The van der Waals surface area contributed by atoms with E-state index in [1.165, 1.54) is 15.9 Å². The molecular formula is C27H26N6O4S. The number of hydrogen-bond acceptors (Lipinski definition) is 8. The molecule has 0 atom stereocenters. The molecule has 1 aliphatic heterocycles. The van der Waals surface area contributed by atoms with Gasteiger partial charge in [-0.05, 0) is 45.0 Å². The van der Waals surface area contributed by atoms with Crippen molar-refractivity contribution in [1.82, 2.24) is 19.4 Å². The van der Waals surface area contributed by atoms with Crippen LogP contribution in [0.2, 0.25) is 0 Å². The van der Waals surface area contributed by atoms with Gasteiger partial charge >= 0.3 is 12.1 Å². The summed E-state index contributed by atoms with van der Waals surface area (Å²) in [4.78, 5) is 37.4. The molecule has 38 heavy (non-hydrogen) atoms. The molecule has 0 spiro atoms. The minimum Gasteiger partial charge on any atom is -0.443 e.